The first-order valence-electron chi connectivity index (χ1n) is 6.49. The molecule has 3 heterocycles. The second-order valence-electron chi connectivity index (χ2n) is 4.40. The molecule has 21 heavy (non-hydrogen) atoms. The molecule has 0 aromatic carbocycles. The van der Waals surface area contributed by atoms with Gasteiger partial charge in [-0.15, -0.1) is 15.3 Å². The van der Waals surface area contributed by atoms with Crippen LogP contribution in [0.5, 0.6) is 0 Å². The first kappa shape index (κ1) is 13.1. The highest BCUT2D eigenvalue weighted by Crippen LogP contribution is 2.06. The Bertz CT molecular complexity index is 749. The monoisotopic (exact) mass is 286 g/mol. The summed E-state index contributed by atoms with van der Waals surface area (Å²) in [6.07, 6.45) is 1.47. The summed E-state index contributed by atoms with van der Waals surface area (Å²) in [4.78, 5) is 11.6. The van der Waals surface area contributed by atoms with Crippen LogP contribution < -0.4 is 10.6 Å². The lowest BCUT2D eigenvalue weighted by Gasteiger charge is -2.06. The minimum Gasteiger partial charge on any atom is -0.459 e. The number of hydrogen-bond acceptors (Lipinski definition) is 6. The molecule has 3 aromatic heterocycles. The quantitative estimate of drug-likeness (QED) is 0.675. The van der Waals surface area contributed by atoms with Crippen molar-refractivity contribution in [1.82, 2.24) is 25.1 Å². The van der Waals surface area contributed by atoms with E-state index in [1.807, 2.05) is 19.1 Å². The first-order chi connectivity index (χ1) is 10.2. The number of carbonyl (C=O) groups excluding carboxylic acids is 1. The number of furan rings is 1. The molecule has 0 fully saturated rings. The van der Waals surface area contributed by atoms with E-state index in [-0.39, 0.29) is 5.91 Å². The van der Waals surface area contributed by atoms with Crippen LogP contribution in [-0.4, -0.2) is 38.8 Å². The summed E-state index contributed by atoms with van der Waals surface area (Å²) in [7, 11) is 0. The lowest BCUT2D eigenvalue weighted by molar-refractivity contribution is 0.0927. The van der Waals surface area contributed by atoms with Gasteiger partial charge in [0, 0.05) is 13.1 Å². The fraction of sp³-hybridized carbons (Fsp3) is 0.231. The molecule has 108 valence electrons. The highest BCUT2D eigenvalue weighted by Gasteiger charge is 2.07. The van der Waals surface area contributed by atoms with E-state index in [4.69, 9.17) is 4.42 Å². The van der Waals surface area contributed by atoms with Crippen molar-refractivity contribution in [1.29, 1.82) is 0 Å². The molecule has 0 saturated heterocycles. The Morgan fingerprint density at radius 2 is 2.19 bits per heavy atom. The second-order valence-corrected chi connectivity index (χ2v) is 4.40. The summed E-state index contributed by atoms with van der Waals surface area (Å²) in [6, 6.07) is 6.94. The van der Waals surface area contributed by atoms with E-state index in [2.05, 4.69) is 25.9 Å². The average Bonchev–Trinajstić information content (AvgIpc) is 3.14. The fourth-order valence-corrected chi connectivity index (χ4v) is 1.85. The van der Waals surface area contributed by atoms with Gasteiger partial charge in [0.25, 0.3) is 5.91 Å². The average molecular weight is 286 g/mol. The fourth-order valence-electron chi connectivity index (χ4n) is 1.85. The molecular formula is C13H14N6O2. The van der Waals surface area contributed by atoms with Gasteiger partial charge >= 0.3 is 0 Å². The molecule has 0 radical (unpaired) electrons. The van der Waals surface area contributed by atoms with Gasteiger partial charge in [-0.3, -0.25) is 4.79 Å². The Morgan fingerprint density at radius 3 is 3.00 bits per heavy atom. The van der Waals surface area contributed by atoms with Crippen LogP contribution in [-0.2, 0) is 0 Å². The number of aromatic nitrogens is 4. The van der Waals surface area contributed by atoms with Crippen LogP contribution in [0, 0.1) is 6.92 Å². The Kier molecular flexibility index (Phi) is 3.50. The van der Waals surface area contributed by atoms with E-state index < -0.39 is 0 Å². The van der Waals surface area contributed by atoms with Gasteiger partial charge < -0.3 is 15.1 Å². The van der Waals surface area contributed by atoms with Gasteiger partial charge in [0.2, 0.25) is 0 Å². The van der Waals surface area contributed by atoms with E-state index in [1.165, 1.54) is 6.26 Å². The lowest BCUT2D eigenvalue weighted by Crippen LogP contribution is -2.28. The van der Waals surface area contributed by atoms with Crippen LogP contribution >= 0.6 is 0 Å². The van der Waals surface area contributed by atoms with Crippen LogP contribution in [0.3, 0.4) is 0 Å². The van der Waals surface area contributed by atoms with E-state index in [9.17, 15) is 4.79 Å². The molecule has 3 rings (SSSR count). The number of nitrogens with one attached hydrogen (secondary N) is 2. The molecule has 0 spiro atoms. The van der Waals surface area contributed by atoms with Crippen LogP contribution in [0.2, 0.25) is 0 Å². The van der Waals surface area contributed by atoms with Crippen molar-refractivity contribution in [3.8, 4) is 0 Å². The minimum atomic E-state index is -0.236. The summed E-state index contributed by atoms with van der Waals surface area (Å²) < 4.78 is 6.66. The zero-order valence-electron chi connectivity index (χ0n) is 11.4. The van der Waals surface area contributed by atoms with Crippen molar-refractivity contribution in [2.24, 2.45) is 0 Å². The molecule has 0 saturated carbocycles. The maximum atomic E-state index is 11.6. The first-order valence-corrected chi connectivity index (χ1v) is 6.49. The SMILES string of the molecule is Cc1nnc2ccc(NCCNC(=O)c3ccco3)nn12. The van der Waals surface area contributed by atoms with Gasteiger partial charge in [-0.05, 0) is 31.2 Å². The van der Waals surface area contributed by atoms with Gasteiger partial charge in [-0.1, -0.05) is 0 Å². The summed E-state index contributed by atoms with van der Waals surface area (Å²) in [5.74, 6) is 1.48. The molecule has 0 aliphatic carbocycles. The Labute approximate surface area is 120 Å². The number of fused-ring (bicyclic) bond motifs is 1. The van der Waals surface area contributed by atoms with Crippen LogP contribution in [0.4, 0.5) is 5.82 Å². The largest absolute Gasteiger partial charge is 0.459 e. The van der Waals surface area contributed by atoms with Crippen molar-refractivity contribution < 1.29 is 9.21 Å². The number of hydrogen-bond donors (Lipinski definition) is 2. The standard InChI is InChI=1S/C13H14N6O2/c1-9-16-17-12-5-4-11(18-19(9)12)14-6-7-15-13(20)10-3-2-8-21-10/h2-5,8H,6-7H2,1H3,(H,14,18)(H,15,20). The highest BCUT2D eigenvalue weighted by atomic mass is 16.3. The molecule has 0 aliphatic rings. The molecule has 1 amide bonds. The number of amides is 1. The summed E-state index contributed by atoms with van der Waals surface area (Å²) in [6.45, 7) is 2.84. The van der Waals surface area contributed by atoms with Crippen LogP contribution in [0.1, 0.15) is 16.4 Å². The van der Waals surface area contributed by atoms with Crippen molar-refractivity contribution >= 4 is 17.4 Å². The third-order valence-electron chi connectivity index (χ3n) is 2.88. The molecule has 0 bridgehead atoms. The second kappa shape index (κ2) is 5.61. The number of anilines is 1. The third kappa shape index (κ3) is 2.83. The number of carbonyl (C=O) groups is 1. The zero-order chi connectivity index (χ0) is 14.7. The predicted octanol–water partition coefficient (Wildman–Crippen LogP) is 0.868. The maximum absolute atomic E-state index is 11.6. The third-order valence-corrected chi connectivity index (χ3v) is 2.88. The van der Waals surface area contributed by atoms with Crippen molar-refractivity contribution in [2.75, 3.05) is 18.4 Å². The smallest absolute Gasteiger partial charge is 0.287 e. The van der Waals surface area contributed by atoms with Crippen LogP contribution in [0.25, 0.3) is 5.65 Å². The molecule has 2 N–H and O–H groups in total. The Morgan fingerprint density at radius 1 is 1.29 bits per heavy atom. The maximum Gasteiger partial charge on any atom is 0.287 e. The molecule has 0 aliphatic heterocycles. The number of nitrogens with zero attached hydrogens (tertiary/aromatic N) is 4. The normalized spacial score (nSPS) is 10.7. The molecule has 0 atom stereocenters. The molecule has 3 aromatic rings. The van der Waals surface area contributed by atoms with Crippen molar-refractivity contribution in [2.45, 2.75) is 6.92 Å². The van der Waals surface area contributed by atoms with Gasteiger partial charge in [-0.25, -0.2) is 0 Å². The van der Waals surface area contributed by atoms with Gasteiger partial charge in [0.05, 0.1) is 6.26 Å². The van der Waals surface area contributed by atoms with E-state index in [0.29, 0.717) is 30.3 Å². The van der Waals surface area contributed by atoms with Crippen molar-refractivity contribution in [3.63, 3.8) is 0 Å². The summed E-state index contributed by atoms with van der Waals surface area (Å²) in [5, 5.41) is 18.1. The molecule has 0 unspecified atom stereocenters. The number of aryl methyl sites for hydroxylation is 1. The predicted molar refractivity (Wildman–Crippen MR) is 75.0 cm³/mol. The molecular weight excluding hydrogens is 272 g/mol. The van der Waals surface area contributed by atoms with Crippen LogP contribution in [0.15, 0.2) is 34.9 Å². The summed E-state index contributed by atoms with van der Waals surface area (Å²) >= 11 is 0. The lowest BCUT2D eigenvalue weighted by atomic mass is 10.4. The van der Waals surface area contributed by atoms with E-state index in [1.54, 1.807) is 16.6 Å². The Hall–Kier alpha value is -2.90. The van der Waals surface area contributed by atoms with E-state index in [0.717, 1.165) is 5.82 Å². The molecule has 8 nitrogen and oxygen atoms in total. The minimum absolute atomic E-state index is 0.236. The summed E-state index contributed by atoms with van der Waals surface area (Å²) in [5.41, 5.74) is 0.698. The van der Waals surface area contributed by atoms with Gasteiger partial charge in [0.1, 0.15) is 5.82 Å². The zero-order valence-corrected chi connectivity index (χ0v) is 11.4. The van der Waals surface area contributed by atoms with Gasteiger partial charge in [0.15, 0.2) is 17.2 Å². The van der Waals surface area contributed by atoms with E-state index >= 15 is 0 Å². The Balaban J connectivity index is 1.52. The van der Waals surface area contributed by atoms with Gasteiger partial charge in [-0.2, -0.15) is 4.52 Å². The highest BCUT2D eigenvalue weighted by molar-refractivity contribution is 5.91. The number of rotatable bonds is 5. The van der Waals surface area contributed by atoms with Crippen molar-refractivity contribution in [3.05, 3.63) is 42.1 Å². The molecule has 8 heteroatoms. The topological polar surface area (TPSA) is 97.3 Å².